The number of rotatable bonds is 8. The Hall–Kier alpha value is -6.74. The maximum atomic E-state index is 13.7. The molecule has 2 aliphatic rings. The van der Waals surface area contributed by atoms with E-state index >= 15 is 0 Å². The molecule has 2 aromatic heterocycles. The van der Waals surface area contributed by atoms with E-state index in [1.165, 1.54) is 6.07 Å². The summed E-state index contributed by atoms with van der Waals surface area (Å²) in [6.07, 6.45) is 0. The van der Waals surface area contributed by atoms with Crippen molar-refractivity contribution in [3.05, 3.63) is 147 Å². The Kier molecular flexibility index (Phi) is 7.80. The lowest BCUT2D eigenvalue weighted by Crippen LogP contribution is -2.15. The largest absolute Gasteiger partial charge is 0.507 e. The molecule has 0 saturated carbocycles. The van der Waals surface area contributed by atoms with Crippen LogP contribution in [-0.4, -0.2) is 26.2 Å². The highest BCUT2D eigenvalue weighted by molar-refractivity contribution is 6.08. The number of carboxylic acid groups (broad SMARTS) is 1. The minimum absolute atomic E-state index is 0.0184. The van der Waals surface area contributed by atoms with Gasteiger partial charge < -0.3 is 25.3 Å². The first-order valence-electron chi connectivity index (χ1n) is 16.5. The van der Waals surface area contributed by atoms with Crippen molar-refractivity contribution in [2.24, 2.45) is 0 Å². The monoisotopic (exact) mass is 672 g/mol. The van der Waals surface area contributed by atoms with E-state index in [-0.39, 0.29) is 35.6 Å². The quantitative estimate of drug-likeness (QED) is 0.117. The Balaban J connectivity index is 1.33. The minimum atomic E-state index is -1.09. The molecule has 51 heavy (non-hydrogen) atoms. The van der Waals surface area contributed by atoms with Gasteiger partial charge in [0.15, 0.2) is 5.43 Å². The highest BCUT2D eigenvalue weighted by Gasteiger charge is 2.26. The molecule has 4 aromatic carbocycles. The fraction of sp³-hybridized carbons (Fsp3) is 0.0952. The molecule has 0 unspecified atom stereocenters. The van der Waals surface area contributed by atoms with Gasteiger partial charge in [-0.2, -0.15) is 0 Å². The Labute approximate surface area is 292 Å². The van der Waals surface area contributed by atoms with Crippen LogP contribution in [0.15, 0.2) is 118 Å². The summed E-state index contributed by atoms with van der Waals surface area (Å²) < 4.78 is 6.70. The smallest absolute Gasteiger partial charge is 0.336 e. The number of hydrogen-bond acceptors (Lipinski definition) is 8. The van der Waals surface area contributed by atoms with Crippen molar-refractivity contribution in [2.75, 3.05) is 10.6 Å². The van der Waals surface area contributed by atoms with Gasteiger partial charge in [-0.3, -0.25) is 14.8 Å². The molecule has 6 aromatic rings. The van der Waals surface area contributed by atoms with Crippen LogP contribution in [0.5, 0.6) is 5.75 Å². The lowest BCUT2D eigenvalue weighted by molar-refractivity contribution is 0.0697. The van der Waals surface area contributed by atoms with E-state index in [9.17, 15) is 19.8 Å². The Bertz CT molecular complexity index is 2700. The lowest BCUT2D eigenvalue weighted by Gasteiger charge is -2.21. The number of anilines is 2. The van der Waals surface area contributed by atoms with E-state index in [1.807, 2.05) is 74.5 Å². The van der Waals surface area contributed by atoms with Gasteiger partial charge in [0.2, 0.25) is 0 Å². The third-order valence-electron chi connectivity index (χ3n) is 9.25. The summed E-state index contributed by atoms with van der Waals surface area (Å²) in [5.41, 5.74) is 7.40. The molecule has 0 radical (unpaired) electrons. The average molecular weight is 673 g/mol. The van der Waals surface area contributed by atoms with Crippen molar-refractivity contribution < 1.29 is 19.4 Å². The van der Waals surface area contributed by atoms with Gasteiger partial charge in [-0.15, -0.1) is 0 Å². The summed E-state index contributed by atoms with van der Waals surface area (Å²) in [4.78, 5) is 35.7. The number of aromatic nitrogens is 2. The van der Waals surface area contributed by atoms with Crippen LogP contribution < -0.4 is 16.1 Å². The topological polar surface area (TPSA) is 138 Å². The number of nitrogens with zero attached hydrogens (tertiary/aromatic N) is 2. The summed E-state index contributed by atoms with van der Waals surface area (Å²) in [5.74, 6) is -0.820. The minimum Gasteiger partial charge on any atom is -0.507 e. The number of hydrogen-bond donors (Lipinski definition) is 4. The Morgan fingerprint density at radius 1 is 0.686 bits per heavy atom. The first-order valence-corrected chi connectivity index (χ1v) is 16.5. The number of nitrogens with one attached hydrogen (secondary N) is 2. The van der Waals surface area contributed by atoms with Crippen LogP contribution in [0.4, 0.5) is 11.4 Å². The van der Waals surface area contributed by atoms with Crippen LogP contribution in [0.2, 0.25) is 0 Å². The van der Waals surface area contributed by atoms with E-state index in [1.54, 1.807) is 42.5 Å². The summed E-state index contributed by atoms with van der Waals surface area (Å²) in [7, 11) is 0. The number of aryl methyl sites for hydroxylation is 2. The molecule has 0 bridgehead atoms. The molecule has 0 amide bonds. The summed E-state index contributed by atoms with van der Waals surface area (Å²) in [6.45, 7) is 4.12. The number of carbonyl (C=O) groups is 1. The van der Waals surface area contributed by atoms with Crippen LogP contribution in [0, 0.1) is 13.8 Å². The molecule has 250 valence electrons. The third-order valence-corrected chi connectivity index (χ3v) is 9.25. The molecule has 8 rings (SSSR count). The van der Waals surface area contributed by atoms with Crippen molar-refractivity contribution in [3.63, 3.8) is 0 Å². The van der Waals surface area contributed by atoms with Crippen molar-refractivity contribution in [2.45, 2.75) is 26.9 Å². The number of benzene rings is 5. The second-order valence-electron chi connectivity index (χ2n) is 12.6. The zero-order chi connectivity index (χ0) is 35.2. The summed E-state index contributed by atoms with van der Waals surface area (Å²) in [6, 6.07) is 32.8. The molecule has 0 spiro atoms. The lowest BCUT2D eigenvalue weighted by atomic mass is 9.88. The predicted molar refractivity (Wildman–Crippen MR) is 201 cm³/mol. The fourth-order valence-electron chi connectivity index (χ4n) is 6.76. The zero-order valence-corrected chi connectivity index (χ0v) is 27.8. The standard InChI is InChI=1S/C42H32N4O5/c1-23-13-15-25-7-5-11-33(38(25)45-23)43-21-31-35(47)19-17-29-37(27-9-3-4-10-28(27)42(49)50)30-18-20-36(48)32(41(30)51-40(29)31)22-44-34-12-6-8-26-16-14-24(2)46-39(26)34/h3-20,43-44,47H,21-22H2,1-2H3,(H,49,50). The van der Waals surface area contributed by atoms with E-state index < -0.39 is 5.97 Å². The van der Waals surface area contributed by atoms with Crippen LogP contribution in [0.3, 0.4) is 0 Å². The van der Waals surface area contributed by atoms with Gasteiger partial charge in [-0.05, 0) is 74.0 Å². The highest BCUT2D eigenvalue weighted by atomic mass is 16.4. The van der Waals surface area contributed by atoms with Gasteiger partial charge in [0.25, 0.3) is 0 Å². The second-order valence-corrected chi connectivity index (χ2v) is 12.6. The number of fused-ring (bicyclic) bond motifs is 4. The van der Waals surface area contributed by atoms with Crippen LogP contribution in [0.25, 0.3) is 55.2 Å². The third kappa shape index (κ3) is 5.64. The normalized spacial score (nSPS) is 11.4. The molecule has 0 fully saturated rings. The van der Waals surface area contributed by atoms with Crippen LogP contribution >= 0.6 is 0 Å². The van der Waals surface area contributed by atoms with Gasteiger partial charge in [0, 0.05) is 51.8 Å². The molecule has 0 saturated heterocycles. The van der Waals surface area contributed by atoms with Crippen LogP contribution in [0.1, 0.15) is 32.9 Å². The summed E-state index contributed by atoms with van der Waals surface area (Å²) in [5, 5.41) is 30.9. The first-order chi connectivity index (χ1) is 24.8. The predicted octanol–water partition coefficient (Wildman–Crippen LogP) is 8.91. The Morgan fingerprint density at radius 3 is 1.96 bits per heavy atom. The van der Waals surface area contributed by atoms with Gasteiger partial charge in [0.05, 0.1) is 39.1 Å². The van der Waals surface area contributed by atoms with Gasteiger partial charge >= 0.3 is 5.97 Å². The zero-order valence-electron chi connectivity index (χ0n) is 27.8. The maximum absolute atomic E-state index is 13.7. The number of pyridine rings is 2. The van der Waals surface area contributed by atoms with E-state index in [2.05, 4.69) is 10.6 Å². The van der Waals surface area contributed by atoms with Crippen molar-refractivity contribution in [1.29, 1.82) is 0 Å². The van der Waals surface area contributed by atoms with Gasteiger partial charge in [-0.1, -0.05) is 54.6 Å². The van der Waals surface area contributed by atoms with Gasteiger partial charge in [0.1, 0.15) is 17.1 Å². The van der Waals surface area contributed by atoms with E-state index in [0.717, 1.165) is 44.6 Å². The van der Waals surface area contributed by atoms with Crippen molar-refractivity contribution in [3.8, 4) is 28.2 Å². The number of phenols is 1. The number of carboxylic acids is 1. The van der Waals surface area contributed by atoms with E-state index in [4.69, 9.17) is 14.4 Å². The highest BCUT2D eigenvalue weighted by Crippen LogP contribution is 2.45. The average Bonchev–Trinajstić information content (AvgIpc) is 3.13. The molecule has 3 heterocycles. The number of para-hydroxylation sites is 2. The van der Waals surface area contributed by atoms with Gasteiger partial charge in [-0.25, -0.2) is 4.79 Å². The molecular weight excluding hydrogens is 640 g/mol. The molecule has 0 atom stereocenters. The van der Waals surface area contributed by atoms with E-state index in [0.29, 0.717) is 38.8 Å². The number of aromatic hydroxyl groups is 1. The molecule has 4 N–H and O–H groups in total. The van der Waals surface area contributed by atoms with Crippen LogP contribution in [-0.2, 0) is 13.1 Å². The molecular formula is C42H32N4O5. The molecule has 1 aliphatic heterocycles. The molecule has 9 heteroatoms. The molecule has 1 aliphatic carbocycles. The maximum Gasteiger partial charge on any atom is 0.336 e. The summed E-state index contributed by atoms with van der Waals surface area (Å²) >= 11 is 0. The van der Waals surface area contributed by atoms with Crippen molar-refractivity contribution in [1.82, 2.24) is 9.97 Å². The molecule has 9 nitrogen and oxygen atoms in total. The SMILES string of the molecule is Cc1ccc2cccc(NCc3c4oc5c(CNc6cccc7ccc(C)nc67)c(O)ccc5c(-c5ccccc5C(=O)O)c-4ccc3=O)c2n1. The Morgan fingerprint density at radius 2 is 1.31 bits per heavy atom. The number of aromatic carboxylic acids is 1. The van der Waals surface area contributed by atoms with Crippen molar-refractivity contribution >= 4 is 50.1 Å². The number of phenolic OH excluding ortho intramolecular Hbond substituents is 1. The first kappa shape index (κ1) is 31.5. The second kappa shape index (κ2) is 12.6. The fourth-order valence-corrected chi connectivity index (χ4v) is 6.76.